The fourth-order valence-electron chi connectivity index (χ4n) is 4.62. The quantitative estimate of drug-likeness (QED) is 0.140. The molecular formula is C18H54N18. The first-order valence-corrected chi connectivity index (χ1v) is 12.0. The predicted molar refractivity (Wildman–Crippen MR) is 144 cm³/mol. The smallest absolute Gasteiger partial charge is 0.0378 e. The molecule has 1 aliphatic carbocycles. The van der Waals surface area contributed by atoms with Crippen LogP contribution in [-0.4, -0.2) is 109 Å². The van der Waals surface area contributed by atoms with Gasteiger partial charge in [-0.2, -0.15) is 0 Å². The second kappa shape index (κ2) is 13.4. The Morgan fingerprint density at radius 1 is 0.111 bits per heavy atom. The van der Waals surface area contributed by atoms with E-state index in [1.165, 1.54) is 0 Å². The second-order valence-corrected chi connectivity index (χ2v) is 10.4. The van der Waals surface area contributed by atoms with E-state index in [9.17, 15) is 0 Å². The van der Waals surface area contributed by atoms with Crippen LogP contribution in [0.25, 0.3) is 0 Å². The van der Waals surface area contributed by atoms with Gasteiger partial charge in [-0.3, -0.25) is 0 Å². The fourth-order valence-corrected chi connectivity index (χ4v) is 4.62. The third-order valence-electron chi connectivity index (χ3n) is 8.00. The summed E-state index contributed by atoms with van der Waals surface area (Å²) in [7, 11) is 0. The van der Waals surface area contributed by atoms with Crippen LogP contribution in [0.5, 0.6) is 0 Å². The molecule has 36 heavy (non-hydrogen) atoms. The zero-order valence-corrected chi connectivity index (χ0v) is 20.8. The molecule has 1 rings (SSSR count). The molecule has 216 valence electrons. The third-order valence-corrected chi connectivity index (χ3v) is 8.00. The largest absolute Gasteiger partial charge is 0.325 e. The molecule has 0 unspecified atom stereocenters. The van der Waals surface area contributed by atoms with Crippen molar-refractivity contribution in [1.29, 1.82) is 0 Å². The average Bonchev–Trinajstić information content (AvgIpc) is 2.88. The number of nitrogens with two attached hydrogens (primary N) is 18. The third kappa shape index (κ3) is 6.83. The molecule has 0 radical (unpaired) electrons. The van der Waals surface area contributed by atoms with Gasteiger partial charge in [0.05, 0.1) is 0 Å². The Labute approximate surface area is 212 Å². The van der Waals surface area contributed by atoms with Crippen molar-refractivity contribution >= 4 is 0 Å². The molecule has 0 bridgehead atoms. The summed E-state index contributed by atoms with van der Waals surface area (Å²) in [6, 6.07) is -17.2. The van der Waals surface area contributed by atoms with Crippen molar-refractivity contribution in [3.63, 3.8) is 0 Å². The molecule has 1 fully saturated rings. The minimum Gasteiger partial charge on any atom is -0.325 e. The number of hydrogen-bond donors (Lipinski definition) is 18. The van der Waals surface area contributed by atoms with E-state index in [-0.39, 0.29) is 0 Å². The van der Waals surface area contributed by atoms with Crippen LogP contribution >= 0.6 is 0 Å². The summed E-state index contributed by atoms with van der Waals surface area (Å²) in [5.41, 5.74) is 113. The monoisotopic (exact) mass is 522 g/mol. The molecule has 0 aromatic heterocycles. The van der Waals surface area contributed by atoms with E-state index in [2.05, 4.69) is 0 Å². The van der Waals surface area contributed by atoms with E-state index < -0.39 is 109 Å². The maximum absolute atomic E-state index is 6.29. The summed E-state index contributed by atoms with van der Waals surface area (Å²) in [4.78, 5) is 0. The summed E-state index contributed by atoms with van der Waals surface area (Å²) in [5.74, 6) is 0. The van der Waals surface area contributed by atoms with Crippen LogP contribution in [0.1, 0.15) is 0 Å². The van der Waals surface area contributed by atoms with Crippen LogP contribution in [0.4, 0.5) is 0 Å². The van der Waals surface area contributed by atoms with Gasteiger partial charge in [0.1, 0.15) is 0 Å². The van der Waals surface area contributed by atoms with E-state index >= 15 is 0 Å². The minimum absolute atomic E-state index is 0.954. The Kier molecular flexibility index (Phi) is 12.4. The maximum atomic E-state index is 6.29. The Morgan fingerprint density at radius 3 is 0.167 bits per heavy atom. The molecule has 0 heterocycles. The van der Waals surface area contributed by atoms with Crippen molar-refractivity contribution < 1.29 is 0 Å². The zero-order valence-electron chi connectivity index (χ0n) is 20.8. The van der Waals surface area contributed by atoms with E-state index in [0.29, 0.717) is 0 Å². The van der Waals surface area contributed by atoms with Crippen LogP contribution in [0.3, 0.4) is 0 Å². The van der Waals surface area contributed by atoms with Gasteiger partial charge in [-0.1, -0.05) is 0 Å². The molecule has 0 saturated heterocycles. The Hall–Kier alpha value is -0.720. The Morgan fingerprint density at radius 2 is 0.139 bits per heavy atom. The van der Waals surface area contributed by atoms with Gasteiger partial charge in [0, 0.05) is 109 Å². The van der Waals surface area contributed by atoms with Gasteiger partial charge in [0.15, 0.2) is 0 Å². The van der Waals surface area contributed by atoms with E-state index in [1.54, 1.807) is 0 Å². The lowest BCUT2D eigenvalue weighted by molar-refractivity contribution is 0.239. The topological polar surface area (TPSA) is 468 Å². The molecule has 1 aliphatic rings. The van der Waals surface area contributed by atoms with Gasteiger partial charge in [0.25, 0.3) is 0 Å². The second-order valence-electron chi connectivity index (χ2n) is 10.4. The number of hydrogen-bond acceptors (Lipinski definition) is 18. The molecule has 0 spiro atoms. The molecule has 18 nitrogen and oxygen atoms in total. The molecular weight excluding hydrogens is 468 g/mol. The van der Waals surface area contributed by atoms with Gasteiger partial charge in [0.2, 0.25) is 0 Å². The van der Waals surface area contributed by atoms with Gasteiger partial charge in [-0.15, -0.1) is 0 Å². The van der Waals surface area contributed by atoms with Crippen LogP contribution in [0.2, 0.25) is 0 Å². The van der Waals surface area contributed by atoms with Crippen LogP contribution in [0, 0.1) is 0 Å². The SMILES string of the molecule is NC1C(N)C(N)C(N)C(N)C(N)C(N)C(N)C(N)C(N)C(N)C(N)C(N)C(N)C(N)C(N)C(N)C1N. The first-order valence-electron chi connectivity index (χ1n) is 12.0. The lowest BCUT2D eigenvalue weighted by Crippen LogP contribution is -2.77. The first kappa shape index (κ1) is 33.3. The summed E-state index contributed by atoms with van der Waals surface area (Å²) < 4.78 is 0. The highest BCUT2D eigenvalue weighted by Gasteiger charge is 2.43. The molecule has 0 aromatic carbocycles. The van der Waals surface area contributed by atoms with E-state index in [0.717, 1.165) is 0 Å². The van der Waals surface area contributed by atoms with Crippen molar-refractivity contribution in [2.45, 2.75) is 109 Å². The molecule has 1 saturated carbocycles. The Balaban J connectivity index is 3.45. The normalized spacial score (nSPS) is 55.5. The minimum atomic E-state index is -0.954. The maximum Gasteiger partial charge on any atom is 0.0378 e. The van der Waals surface area contributed by atoms with Crippen LogP contribution in [0.15, 0.2) is 0 Å². The average molecular weight is 523 g/mol. The highest BCUT2D eigenvalue weighted by atomic mass is 15.0. The number of rotatable bonds is 0. The van der Waals surface area contributed by atoms with Crippen molar-refractivity contribution in [2.75, 3.05) is 0 Å². The van der Waals surface area contributed by atoms with Gasteiger partial charge >= 0.3 is 0 Å². The van der Waals surface area contributed by atoms with Crippen LogP contribution in [-0.2, 0) is 0 Å². The fraction of sp³-hybridized carbons (Fsp3) is 1.00. The summed E-state index contributed by atoms with van der Waals surface area (Å²) in [6.07, 6.45) is 0. The summed E-state index contributed by atoms with van der Waals surface area (Å²) >= 11 is 0. The predicted octanol–water partition coefficient (Wildman–Crippen LogP) is -12.1. The molecule has 36 N–H and O–H groups in total. The lowest BCUT2D eigenvalue weighted by Gasteiger charge is -2.43. The van der Waals surface area contributed by atoms with Gasteiger partial charge in [-0.25, -0.2) is 0 Å². The van der Waals surface area contributed by atoms with Crippen molar-refractivity contribution in [2.24, 2.45) is 103 Å². The Bertz CT molecular complexity index is 396. The molecule has 0 amide bonds. The first-order chi connectivity index (χ1) is 16.4. The van der Waals surface area contributed by atoms with Crippen molar-refractivity contribution in [1.82, 2.24) is 0 Å². The zero-order chi connectivity index (χ0) is 28.4. The standard InChI is InChI=1S/C18H54N18/c19-1-2(20)4(22)6(24)8(26)10(28)12(30)14(32)16(34)18(36)17(35)15(33)13(31)11(29)9(27)7(25)5(23)3(1)21/h1-18H,19-36H2. The molecule has 0 atom stereocenters. The van der Waals surface area contributed by atoms with Crippen molar-refractivity contribution in [3.05, 3.63) is 0 Å². The summed E-state index contributed by atoms with van der Waals surface area (Å²) in [5, 5.41) is 0. The van der Waals surface area contributed by atoms with E-state index in [1.807, 2.05) is 0 Å². The van der Waals surface area contributed by atoms with Gasteiger partial charge < -0.3 is 103 Å². The molecule has 18 heteroatoms. The summed E-state index contributed by atoms with van der Waals surface area (Å²) in [6.45, 7) is 0. The molecule has 0 aliphatic heterocycles. The lowest BCUT2D eigenvalue weighted by atomic mass is 9.78. The van der Waals surface area contributed by atoms with E-state index in [4.69, 9.17) is 103 Å². The molecule has 0 aromatic rings. The highest BCUT2D eigenvalue weighted by Crippen LogP contribution is 2.14. The van der Waals surface area contributed by atoms with Crippen molar-refractivity contribution in [3.8, 4) is 0 Å². The van der Waals surface area contributed by atoms with Crippen LogP contribution < -0.4 is 103 Å². The van der Waals surface area contributed by atoms with Gasteiger partial charge in [-0.05, 0) is 0 Å². The highest BCUT2D eigenvalue weighted by molar-refractivity contribution is 5.11.